The van der Waals surface area contributed by atoms with Crippen LogP contribution in [0.4, 0.5) is 0 Å². The third-order valence-corrected chi connectivity index (χ3v) is 11.6. The van der Waals surface area contributed by atoms with Crippen molar-refractivity contribution in [2.75, 3.05) is 13.2 Å². The number of ether oxygens (including phenoxy) is 3. The van der Waals surface area contributed by atoms with Gasteiger partial charge in [-0.15, -0.1) is 0 Å². The highest BCUT2D eigenvalue weighted by molar-refractivity contribution is 5.71. The fourth-order valence-electron chi connectivity index (χ4n) is 7.57. The van der Waals surface area contributed by atoms with Crippen molar-refractivity contribution >= 4 is 17.9 Å². The third kappa shape index (κ3) is 48.4. The fraction of sp³-hybridized carbons (Fsp3) is 0.804. The number of allylic oxidation sites excluding steroid dienone is 8. The summed E-state index contributed by atoms with van der Waals surface area (Å²) in [5, 5.41) is 0. The number of rotatable bonds is 48. The molecular weight excluding hydrogens is 769 g/mol. The molecule has 62 heavy (non-hydrogen) atoms. The van der Waals surface area contributed by atoms with Gasteiger partial charge >= 0.3 is 17.9 Å². The molecule has 0 bridgehead atoms. The van der Waals surface area contributed by atoms with Crippen molar-refractivity contribution in [1.82, 2.24) is 0 Å². The zero-order valence-electron chi connectivity index (χ0n) is 41.1. The average Bonchev–Trinajstić information content (AvgIpc) is 3.27. The zero-order valence-corrected chi connectivity index (χ0v) is 41.1. The van der Waals surface area contributed by atoms with Crippen molar-refractivity contribution < 1.29 is 28.6 Å². The van der Waals surface area contributed by atoms with E-state index >= 15 is 0 Å². The first-order valence-corrected chi connectivity index (χ1v) is 26.6. The SMILES string of the molecule is CC/C=C/C/C=C/C/C=C/CCCCCCCC(=O)OC[C@@H](COC(=O)CCCCCCC/C=C/CCCCCCC)OC(=O)CCCCCCCCCCCCCCCCC. The van der Waals surface area contributed by atoms with Crippen LogP contribution in [0.5, 0.6) is 0 Å². The predicted molar refractivity (Wildman–Crippen MR) is 265 cm³/mol. The van der Waals surface area contributed by atoms with Gasteiger partial charge in [0.25, 0.3) is 0 Å². The molecule has 0 aromatic carbocycles. The summed E-state index contributed by atoms with van der Waals surface area (Å²) in [6.07, 6.45) is 60.9. The summed E-state index contributed by atoms with van der Waals surface area (Å²) >= 11 is 0. The van der Waals surface area contributed by atoms with Gasteiger partial charge in [0.05, 0.1) is 0 Å². The summed E-state index contributed by atoms with van der Waals surface area (Å²) in [4.78, 5) is 38.0. The van der Waals surface area contributed by atoms with E-state index in [2.05, 4.69) is 69.4 Å². The molecule has 0 heterocycles. The number of carbonyl (C=O) groups excluding carboxylic acids is 3. The van der Waals surface area contributed by atoms with Crippen molar-refractivity contribution in [3.8, 4) is 0 Å². The molecule has 0 spiro atoms. The highest BCUT2D eigenvalue weighted by Crippen LogP contribution is 2.16. The van der Waals surface area contributed by atoms with Crippen LogP contribution in [0.2, 0.25) is 0 Å². The first-order valence-electron chi connectivity index (χ1n) is 26.6. The van der Waals surface area contributed by atoms with E-state index in [4.69, 9.17) is 14.2 Å². The number of esters is 3. The smallest absolute Gasteiger partial charge is 0.306 e. The van der Waals surface area contributed by atoms with E-state index in [0.29, 0.717) is 19.3 Å². The monoisotopic (exact) mass is 869 g/mol. The molecule has 0 aliphatic heterocycles. The standard InChI is InChI=1S/C56H100O6/c1-4-7-10-13-16-19-22-25-28-31-34-37-40-43-46-49-55(58)61-52-53(51-60-54(57)48-45-42-39-36-33-30-27-24-21-18-15-12-9-6-3)62-56(59)50-47-44-41-38-35-32-29-26-23-20-17-14-11-8-5-2/h7,10,16,19,24-25,27-28,53H,4-6,8-9,11-15,17-18,20-23,26,29-52H2,1-3H3/b10-7+,19-16+,27-24+,28-25+/t53-/m1/s1. The summed E-state index contributed by atoms with van der Waals surface area (Å²) < 4.78 is 16.8. The van der Waals surface area contributed by atoms with Crippen LogP contribution in [0.25, 0.3) is 0 Å². The molecule has 0 aromatic rings. The summed E-state index contributed by atoms with van der Waals surface area (Å²) in [5.74, 6) is -0.895. The normalized spacial score (nSPS) is 12.4. The Balaban J connectivity index is 4.39. The van der Waals surface area contributed by atoms with Gasteiger partial charge in [-0.05, 0) is 77.0 Å². The Morgan fingerprint density at radius 2 is 0.629 bits per heavy atom. The topological polar surface area (TPSA) is 78.9 Å². The van der Waals surface area contributed by atoms with Gasteiger partial charge in [-0.25, -0.2) is 0 Å². The van der Waals surface area contributed by atoms with Gasteiger partial charge in [0.1, 0.15) is 13.2 Å². The van der Waals surface area contributed by atoms with Crippen molar-refractivity contribution in [3.63, 3.8) is 0 Å². The summed E-state index contributed by atoms with van der Waals surface area (Å²) in [7, 11) is 0. The Morgan fingerprint density at radius 3 is 1.00 bits per heavy atom. The van der Waals surface area contributed by atoms with Gasteiger partial charge in [-0.2, -0.15) is 0 Å². The van der Waals surface area contributed by atoms with E-state index in [-0.39, 0.29) is 31.1 Å². The average molecular weight is 869 g/mol. The highest BCUT2D eigenvalue weighted by Gasteiger charge is 2.19. The van der Waals surface area contributed by atoms with Crippen molar-refractivity contribution in [3.05, 3.63) is 48.6 Å². The van der Waals surface area contributed by atoms with Crippen molar-refractivity contribution in [1.29, 1.82) is 0 Å². The number of unbranched alkanes of at least 4 members (excludes halogenated alkanes) is 29. The Hall–Kier alpha value is -2.63. The molecule has 0 aliphatic rings. The molecule has 1 atom stereocenters. The van der Waals surface area contributed by atoms with Gasteiger partial charge in [-0.3, -0.25) is 14.4 Å². The minimum absolute atomic E-state index is 0.0807. The van der Waals surface area contributed by atoms with E-state index in [1.165, 1.54) is 128 Å². The molecule has 0 saturated carbocycles. The first-order chi connectivity index (χ1) is 30.5. The lowest BCUT2D eigenvalue weighted by Crippen LogP contribution is -2.30. The van der Waals surface area contributed by atoms with Crippen LogP contribution < -0.4 is 0 Å². The van der Waals surface area contributed by atoms with Crippen LogP contribution in [0.1, 0.15) is 271 Å². The van der Waals surface area contributed by atoms with Gasteiger partial charge in [-0.1, -0.05) is 223 Å². The molecule has 0 amide bonds. The largest absolute Gasteiger partial charge is 0.462 e. The summed E-state index contributed by atoms with van der Waals surface area (Å²) in [5.41, 5.74) is 0. The van der Waals surface area contributed by atoms with Crippen LogP contribution in [-0.4, -0.2) is 37.2 Å². The maximum absolute atomic E-state index is 12.8. The second kappa shape index (κ2) is 51.0. The lowest BCUT2D eigenvalue weighted by atomic mass is 10.0. The predicted octanol–water partition coefficient (Wildman–Crippen LogP) is 17.5. The van der Waals surface area contributed by atoms with Crippen LogP contribution in [0.15, 0.2) is 48.6 Å². The minimum atomic E-state index is -0.780. The molecule has 0 rings (SSSR count). The van der Waals surface area contributed by atoms with Crippen LogP contribution in [0.3, 0.4) is 0 Å². The second-order valence-electron chi connectivity index (χ2n) is 17.8. The molecule has 0 saturated heterocycles. The Bertz CT molecular complexity index is 1090. The van der Waals surface area contributed by atoms with Gasteiger partial charge < -0.3 is 14.2 Å². The minimum Gasteiger partial charge on any atom is -0.462 e. The Kier molecular flexibility index (Phi) is 48.8. The molecular formula is C56H100O6. The molecule has 0 aromatic heterocycles. The first kappa shape index (κ1) is 59.4. The van der Waals surface area contributed by atoms with Crippen LogP contribution in [0, 0.1) is 0 Å². The van der Waals surface area contributed by atoms with Gasteiger partial charge in [0.2, 0.25) is 0 Å². The van der Waals surface area contributed by atoms with Crippen molar-refractivity contribution in [2.45, 2.75) is 277 Å². The third-order valence-electron chi connectivity index (χ3n) is 11.6. The maximum Gasteiger partial charge on any atom is 0.306 e. The molecule has 0 aliphatic carbocycles. The van der Waals surface area contributed by atoms with Crippen LogP contribution in [-0.2, 0) is 28.6 Å². The molecule has 0 N–H and O–H groups in total. The van der Waals surface area contributed by atoms with E-state index in [0.717, 1.165) is 103 Å². The molecule has 0 radical (unpaired) electrons. The fourth-order valence-corrected chi connectivity index (χ4v) is 7.57. The summed E-state index contributed by atoms with van der Waals surface area (Å²) in [6, 6.07) is 0. The van der Waals surface area contributed by atoms with Crippen LogP contribution >= 0.6 is 0 Å². The van der Waals surface area contributed by atoms with E-state index in [1.807, 2.05) is 0 Å². The molecule has 0 unspecified atom stereocenters. The Morgan fingerprint density at radius 1 is 0.339 bits per heavy atom. The van der Waals surface area contributed by atoms with E-state index in [9.17, 15) is 14.4 Å². The number of carbonyl (C=O) groups is 3. The second-order valence-corrected chi connectivity index (χ2v) is 17.8. The molecule has 0 fully saturated rings. The van der Waals surface area contributed by atoms with E-state index in [1.54, 1.807) is 0 Å². The van der Waals surface area contributed by atoms with Gasteiger partial charge in [0, 0.05) is 19.3 Å². The zero-order chi connectivity index (χ0) is 45.1. The maximum atomic E-state index is 12.8. The van der Waals surface area contributed by atoms with Gasteiger partial charge in [0.15, 0.2) is 6.10 Å². The highest BCUT2D eigenvalue weighted by atomic mass is 16.6. The number of hydrogen-bond donors (Lipinski definition) is 0. The quantitative estimate of drug-likeness (QED) is 0.0262. The Labute approximate surface area is 384 Å². The number of hydrogen-bond acceptors (Lipinski definition) is 6. The molecule has 6 nitrogen and oxygen atoms in total. The lowest BCUT2D eigenvalue weighted by molar-refractivity contribution is -0.167. The van der Waals surface area contributed by atoms with Crippen molar-refractivity contribution in [2.24, 2.45) is 0 Å². The molecule has 360 valence electrons. The van der Waals surface area contributed by atoms with E-state index < -0.39 is 6.10 Å². The molecule has 6 heteroatoms. The summed E-state index contributed by atoms with van der Waals surface area (Å²) in [6.45, 7) is 6.52. The lowest BCUT2D eigenvalue weighted by Gasteiger charge is -2.18.